The van der Waals surface area contributed by atoms with Crippen LogP contribution in [0.2, 0.25) is 4.47 Å². The van der Waals surface area contributed by atoms with E-state index in [0.29, 0.717) is 4.47 Å². The van der Waals surface area contributed by atoms with Gasteiger partial charge < -0.3 is 4.74 Å². The molecule has 0 fully saturated rings. The fraction of sp³-hybridized carbons (Fsp3) is 0.125. The van der Waals surface area contributed by atoms with E-state index >= 15 is 0 Å². The molecule has 0 spiro atoms. The third-order valence-corrected chi connectivity index (χ3v) is 4.29. The van der Waals surface area contributed by atoms with Crippen molar-refractivity contribution < 1.29 is 4.74 Å². The first-order chi connectivity index (χ1) is 6.22. The average molecular weight is 326 g/mol. The number of hydrogen-bond donors (Lipinski definition) is 0. The van der Waals surface area contributed by atoms with Crippen molar-refractivity contribution in [3.63, 3.8) is 0 Å². The summed E-state index contributed by atoms with van der Waals surface area (Å²) in [6.45, 7) is 0. The van der Waals surface area contributed by atoms with Crippen molar-refractivity contribution in [2.45, 2.75) is 0 Å². The van der Waals surface area contributed by atoms with Gasteiger partial charge in [-0.05, 0) is 34.7 Å². The van der Waals surface area contributed by atoms with Crippen LogP contribution < -0.4 is 4.74 Å². The molecule has 1 heterocycles. The molecule has 2 nitrogen and oxygen atoms in total. The highest BCUT2D eigenvalue weighted by Crippen LogP contribution is 2.34. The van der Waals surface area contributed by atoms with Crippen molar-refractivity contribution in [1.29, 1.82) is 0 Å². The molecule has 0 N–H and O–H groups in total. The van der Waals surface area contributed by atoms with Crippen molar-refractivity contribution in [2.24, 2.45) is 0 Å². The van der Waals surface area contributed by atoms with Crippen molar-refractivity contribution in [1.82, 2.24) is 4.98 Å². The Morgan fingerprint density at radius 1 is 1.54 bits per heavy atom. The standard InChI is InChI=1S/C8H5ClINOS/c1-12-5-3-2-4-7(6(5)10)13-8(9)11-4/h2-3H,1H3. The Labute approximate surface area is 98.0 Å². The number of nitrogens with zero attached hydrogens (tertiary/aromatic N) is 1. The summed E-state index contributed by atoms with van der Waals surface area (Å²) in [5, 5.41) is 0. The fourth-order valence-electron chi connectivity index (χ4n) is 1.07. The van der Waals surface area contributed by atoms with Gasteiger partial charge in [-0.2, -0.15) is 0 Å². The van der Waals surface area contributed by atoms with Gasteiger partial charge in [-0.3, -0.25) is 0 Å². The number of fused-ring (bicyclic) bond motifs is 1. The maximum Gasteiger partial charge on any atom is 0.184 e. The lowest BCUT2D eigenvalue weighted by molar-refractivity contribution is 0.412. The molecule has 0 radical (unpaired) electrons. The SMILES string of the molecule is COc1ccc2nc(Cl)sc2c1I. The number of ether oxygens (including phenoxy) is 1. The molecule has 0 bridgehead atoms. The molecule has 68 valence electrons. The van der Waals surface area contributed by atoms with Gasteiger partial charge in [0.2, 0.25) is 0 Å². The van der Waals surface area contributed by atoms with Crippen LogP contribution in [0.3, 0.4) is 0 Å². The molecule has 2 rings (SSSR count). The normalized spacial score (nSPS) is 10.7. The average Bonchev–Trinajstić information content (AvgIpc) is 2.47. The van der Waals surface area contributed by atoms with Gasteiger partial charge in [0, 0.05) is 0 Å². The van der Waals surface area contributed by atoms with Gasteiger partial charge in [0.05, 0.1) is 20.9 Å². The molecule has 0 aliphatic heterocycles. The second kappa shape index (κ2) is 3.59. The molecule has 0 unspecified atom stereocenters. The highest BCUT2D eigenvalue weighted by Gasteiger charge is 2.09. The number of hydrogen-bond acceptors (Lipinski definition) is 3. The first-order valence-corrected chi connectivity index (χ1v) is 5.78. The number of methoxy groups -OCH3 is 1. The molecule has 13 heavy (non-hydrogen) atoms. The van der Waals surface area contributed by atoms with Crippen molar-refractivity contribution in [3.05, 3.63) is 20.2 Å². The summed E-state index contributed by atoms with van der Waals surface area (Å²) in [6, 6.07) is 3.82. The lowest BCUT2D eigenvalue weighted by Gasteiger charge is -2.01. The van der Waals surface area contributed by atoms with Gasteiger partial charge in [0.1, 0.15) is 5.75 Å². The van der Waals surface area contributed by atoms with Crippen LogP contribution in [0.1, 0.15) is 0 Å². The highest BCUT2D eigenvalue weighted by molar-refractivity contribution is 14.1. The van der Waals surface area contributed by atoms with Crippen LogP contribution >= 0.6 is 45.5 Å². The van der Waals surface area contributed by atoms with Gasteiger partial charge in [-0.25, -0.2) is 4.98 Å². The van der Waals surface area contributed by atoms with Crippen LogP contribution in [0.15, 0.2) is 12.1 Å². The Balaban J connectivity index is 2.78. The Kier molecular flexibility index (Phi) is 2.62. The predicted octanol–water partition coefficient (Wildman–Crippen LogP) is 3.56. The Morgan fingerprint density at radius 2 is 2.31 bits per heavy atom. The first kappa shape index (κ1) is 9.48. The van der Waals surface area contributed by atoms with E-state index in [-0.39, 0.29) is 0 Å². The summed E-state index contributed by atoms with van der Waals surface area (Å²) < 4.78 is 7.92. The zero-order valence-electron chi connectivity index (χ0n) is 6.67. The molecule has 5 heteroatoms. The van der Waals surface area contributed by atoms with Gasteiger partial charge in [0.15, 0.2) is 4.47 Å². The summed E-state index contributed by atoms with van der Waals surface area (Å²) in [4.78, 5) is 4.17. The van der Waals surface area contributed by atoms with E-state index in [4.69, 9.17) is 16.3 Å². The first-order valence-electron chi connectivity index (χ1n) is 3.51. The zero-order valence-corrected chi connectivity index (χ0v) is 10.4. The van der Waals surface area contributed by atoms with E-state index in [1.807, 2.05) is 12.1 Å². The molecular weight excluding hydrogens is 321 g/mol. The minimum absolute atomic E-state index is 0.571. The summed E-state index contributed by atoms with van der Waals surface area (Å²) in [6.07, 6.45) is 0. The molecule has 0 saturated heterocycles. The summed E-state index contributed by atoms with van der Waals surface area (Å²) >= 11 is 9.53. The van der Waals surface area contributed by atoms with E-state index in [1.165, 1.54) is 11.3 Å². The molecule has 0 atom stereocenters. The van der Waals surface area contributed by atoms with Gasteiger partial charge in [0.25, 0.3) is 0 Å². The Hall–Kier alpha value is -0.0700. The van der Waals surface area contributed by atoms with Crippen LogP contribution in [0.5, 0.6) is 5.75 Å². The van der Waals surface area contributed by atoms with E-state index in [0.717, 1.165) is 19.5 Å². The minimum Gasteiger partial charge on any atom is -0.496 e. The smallest absolute Gasteiger partial charge is 0.184 e. The van der Waals surface area contributed by atoms with Crippen LogP contribution in [-0.4, -0.2) is 12.1 Å². The second-order valence-electron chi connectivity index (χ2n) is 2.40. The topological polar surface area (TPSA) is 22.1 Å². The molecule has 2 aromatic rings. The Morgan fingerprint density at radius 3 is 3.00 bits per heavy atom. The maximum atomic E-state index is 5.81. The summed E-state index contributed by atoms with van der Waals surface area (Å²) in [7, 11) is 1.66. The molecule has 0 amide bonds. The van der Waals surface area contributed by atoms with Crippen molar-refractivity contribution >= 4 is 55.7 Å². The van der Waals surface area contributed by atoms with E-state index < -0.39 is 0 Å². The number of rotatable bonds is 1. The number of aromatic nitrogens is 1. The second-order valence-corrected chi connectivity index (χ2v) is 5.06. The molecule has 1 aromatic heterocycles. The molecule has 0 saturated carbocycles. The minimum atomic E-state index is 0.571. The monoisotopic (exact) mass is 325 g/mol. The van der Waals surface area contributed by atoms with Gasteiger partial charge >= 0.3 is 0 Å². The van der Waals surface area contributed by atoms with Crippen molar-refractivity contribution in [3.8, 4) is 5.75 Å². The number of halogens is 2. The van der Waals surface area contributed by atoms with Gasteiger partial charge in [-0.15, -0.1) is 11.3 Å². The molecule has 0 aliphatic rings. The lowest BCUT2D eigenvalue weighted by atomic mass is 10.3. The van der Waals surface area contributed by atoms with Crippen molar-refractivity contribution in [2.75, 3.05) is 7.11 Å². The third kappa shape index (κ3) is 1.62. The largest absolute Gasteiger partial charge is 0.496 e. The summed E-state index contributed by atoms with van der Waals surface area (Å²) in [5.74, 6) is 0.869. The van der Waals surface area contributed by atoms with Crippen LogP contribution in [-0.2, 0) is 0 Å². The van der Waals surface area contributed by atoms with E-state index in [2.05, 4.69) is 27.6 Å². The van der Waals surface area contributed by atoms with E-state index in [9.17, 15) is 0 Å². The van der Waals surface area contributed by atoms with Crippen LogP contribution in [0.4, 0.5) is 0 Å². The lowest BCUT2D eigenvalue weighted by Crippen LogP contribution is -1.85. The van der Waals surface area contributed by atoms with Crippen LogP contribution in [0, 0.1) is 3.57 Å². The number of thiazole rings is 1. The predicted molar refractivity (Wildman–Crippen MR) is 63.9 cm³/mol. The number of benzene rings is 1. The molecule has 0 aliphatic carbocycles. The molecule has 1 aromatic carbocycles. The maximum absolute atomic E-state index is 5.81. The highest BCUT2D eigenvalue weighted by atomic mass is 127. The van der Waals surface area contributed by atoms with E-state index in [1.54, 1.807) is 7.11 Å². The Bertz CT molecular complexity index is 457. The third-order valence-electron chi connectivity index (χ3n) is 1.66. The fourth-order valence-corrected chi connectivity index (χ4v) is 3.12. The summed E-state index contributed by atoms with van der Waals surface area (Å²) in [5.41, 5.74) is 0.931. The van der Waals surface area contributed by atoms with Gasteiger partial charge in [-0.1, -0.05) is 11.6 Å². The van der Waals surface area contributed by atoms with Crippen LogP contribution in [0.25, 0.3) is 10.2 Å². The molecular formula is C8H5ClINOS. The zero-order chi connectivity index (χ0) is 9.42. The quantitative estimate of drug-likeness (QED) is 0.748.